The van der Waals surface area contributed by atoms with Gasteiger partial charge >= 0.3 is 5.97 Å². The predicted octanol–water partition coefficient (Wildman–Crippen LogP) is 5.61. The molecule has 3 aromatic carbocycles. The number of benzene rings is 3. The molecule has 0 spiro atoms. The second-order valence-electron chi connectivity index (χ2n) is 7.49. The summed E-state index contributed by atoms with van der Waals surface area (Å²) < 4.78 is 22.9. The number of aromatic nitrogens is 1. The molecule has 0 amide bonds. The third kappa shape index (κ3) is 3.68. The number of thiazole rings is 1. The molecule has 0 saturated carbocycles. The molecule has 34 heavy (non-hydrogen) atoms. The first-order chi connectivity index (χ1) is 16.5. The molecule has 0 aliphatic rings. The lowest BCUT2D eigenvalue weighted by Gasteiger charge is -2.11. The Labute approximate surface area is 198 Å². The first kappa shape index (κ1) is 21.7. The van der Waals surface area contributed by atoms with E-state index in [0.717, 1.165) is 10.2 Å². The highest BCUT2D eigenvalue weighted by Gasteiger charge is 2.19. The van der Waals surface area contributed by atoms with Gasteiger partial charge in [0.05, 0.1) is 40.9 Å². The minimum absolute atomic E-state index is 0.193. The molecule has 5 rings (SSSR count). The zero-order chi connectivity index (χ0) is 23.8. The third-order valence-corrected chi connectivity index (χ3v) is 6.56. The molecule has 170 valence electrons. The van der Waals surface area contributed by atoms with Crippen molar-refractivity contribution in [3.05, 3.63) is 82.2 Å². The van der Waals surface area contributed by atoms with Crippen LogP contribution in [-0.4, -0.2) is 25.2 Å². The smallest absolute Gasteiger partial charge is 0.343 e. The van der Waals surface area contributed by atoms with Gasteiger partial charge in [0.15, 0.2) is 11.5 Å². The van der Waals surface area contributed by atoms with Crippen LogP contribution in [0.4, 0.5) is 0 Å². The fraction of sp³-hybridized carbons (Fsp3) is 0.115. The number of aryl methyl sites for hydroxylation is 1. The quantitative estimate of drug-likeness (QED) is 0.242. The van der Waals surface area contributed by atoms with E-state index in [1.165, 1.54) is 31.8 Å². The summed E-state index contributed by atoms with van der Waals surface area (Å²) in [5.74, 6) is 0.646. The lowest BCUT2D eigenvalue weighted by Crippen LogP contribution is -2.11. The van der Waals surface area contributed by atoms with E-state index in [0.29, 0.717) is 49.9 Å². The van der Waals surface area contributed by atoms with Gasteiger partial charge in [-0.3, -0.25) is 4.79 Å². The number of rotatable bonds is 5. The van der Waals surface area contributed by atoms with Gasteiger partial charge in [0, 0.05) is 5.56 Å². The van der Waals surface area contributed by atoms with Crippen molar-refractivity contribution in [2.45, 2.75) is 6.92 Å². The largest absolute Gasteiger partial charge is 0.493 e. The van der Waals surface area contributed by atoms with Gasteiger partial charge in [-0.05, 0) is 49.4 Å². The Balaban J connectivity index is 1.49. The summed E-state index contributed by atoms with van der Waals surface area (Å²) in [4.78, 5) is 30.5. The molecular weight excluding hydrogens is 454 g/mol. The Bertz CT molecular complexity index is 1580. The van der Waals surface area contributed by atoms with Crippen molar-refractivity contribution >= 4 is 38.5 Å². The zero-order valence-corrected chi connectivity index (χ0v) is 19.4. The van der Waals surface area contributed by atoms with Crippen LogP contribution in [0.1, 0.15) is 15.9 Å². The third-order valence-electron chi connectivity index (χ3n) is 5.49. The molecule has 0 aliphatic carbocycles. The van der Waals surface area contributed by atoms with Crippen molar-refractivity contribution in [3.63, 3.8) is 0 Å². The van der Waals surface area contributed by atoms with E-state index in [-0.39, 0.29) is 5.43 Å². The molecule has 0 fully saturated rings. The molecule has 0 atom stereocenters. The second kappa shape index (κ2) is 8.64. The predicted molar refractivity (Wildman–Crippen MR) is 130 cm³/mol. The number of methoxy groups -OCH3 is 2. The van der Waals surface area contributed by atoms with Gasteiger partial charge in [-0.1, -0.05) is 12.1 Å². The average molecular weight is 474 g/mol. The van der Waals surface area contributed by atoms with Gasteiger partial charge in [0.2, 0.25) is 5.43 Å². The number of para-hydroxylation sites is 1. The number of carbonyl (C=O) groups excluding carboxylic acids is 1. The first-order valence-electron chi connectivity index (χ1n) is 10.4. The van der Waals surface area contributed by atoms with Gasteiger partial charge in [-0.25, -0.2) is 9.78 Å². The van der Waals surface area contributed by atoms with E-state index in [4.69, 9.17) is 18.6 Å². The Kier molecular flexibility index (Phi) is 5.51. The van der Waals surface area contributed by atoms with E-state index in [1.54, 1.807) is 37.3 Å². The van der Waals surface area contributed by atoms with Crippen LogP contribution in [-0.2, 0) is 0 Å². The molecule has 2 aromatic heterocycles. The molecule has 8 heteroatoms. The summed E-state index contributed by atoms with van der Waals surface area (Å²) in [7, 11) is 3.01. The van der Waals surface area contributed by atoms with E-state index < -0.39 is 5.97 Å². The zero-order valence-electron chi connectivity index (χ0n) is 18.6. The van der Waals surface area contributed by atoms with Crippen LogP contribution in [0, 0.1) is 6.92 Å². The number of esters is 1. The molecule has 0 saturated heterocycles. The summed E-state index contributed by atoms with van der Waals surface area (Å²) in [5, 5.41) is 0.985. The Morgan fingerprint density at radius 3 is 2.50 bits per heavy atom. The maximum absolute atomic E-state index is 13.2. The molecule has 5 aromatic rings. The molecule has 0 N–H and O–H groups in total. The van der Waals surface area contributed by atoms with Gasteiger partial charge in [0.25, 0.3) is 0 Å². The summed E-state index contributed by atoms with van der Waals surface area (Å²) in [5.41, 5.74) is 2.22. The minimum atomic E-state index is -0.572. The second-order valence-corrected chi connectivity index (χ2v) is 8.52. The normalized spacial score (nSPS) is 11.0. The summed E-state index contributed by atoms with van der Waals surface area (Å²) in [6, 6.07) is 15.7. The SMILES string of the molecule is COc1ccc(C(=O)Oc2ccc3c(=O)c(-c4nc5ccccc5s4)coc3c2C)cc1OC. The van der Waals surface area contributed by atoms with Gasteiger partial charge in [0.1, 0.15) is 22.6 Å². The fourth-order valence-electron chi connectivity index (χ4n) is 3.69. The number of ether oxygens (including phenoxy) is 3. The Hall–Kier alpha value is -4.17. The lowest BCUT2D eigenvalue weighted by molar-refractivity contribution is 0.0733. The Morgan fingerprint density at radius 2 is 1.74 bits per heavy atom. The van der Waals surface area contributed by atoms with Crippen molar-refractivity contribution in [2.24, 2.45) is 0 Å². The van der Waals surface area contributed by atoms with E-state index in [9.17, 15) is 9.59 Å². The summed E-state index contributed by atoms with van der Waals surface area (Å²) >= 11 is 1.43. The van der Waals surface area contributed by atoms with E-state index in [1.807, 2.05) is 24.3 Å². The Morgan fingerprint density at radius 1 is 0.971 bits per heavy atom. The molecule has 2 heterocycles. The van der Waals surface area contributed by atoms with Crippen molar-refractivity contribution in [1.29, 1.82) is 0 Å². The standard InChI is InChI=1S/C26H19NO6S/c1-14-19(33-26(29)15-8-10-20(30-2)21(12-15)31-3)11-9-16-23(28)17(13-32-24(14)16)25-27-18-6-4-5-7-22(18)34-25/h4-13H,1-3H3. The molecule has 0 aliphatic heterocycles. The lowest BCUT2D eigenvalue weighted by atomic mass is 10.1. The molecular formula is C26H19NO6S. The van der Waals surface area contributed by atoms with Crippen LogP contribution < -0.4 is 19.6 Å². The van der Waals surface area contributed by atoms with Crippen LogP contribution in [0.2, 0.25) is 0 Å². The molecule has 0 bridgehead atoms. The first-order valence-corrected chi connectivity index (χ1v) is 11.2. The highest BCUT2D eigenvalue weighted by atomic mass is 32.1. The molecule has 0 unspecified atom stereocenters. The van der Waals surface area contributed by atoms with Crippen molar-refractivity contribution in [2.75, 3.05) is 14.2 Å². The number of carbonyl (C=O) groups is 1. The maximum atomic E-state index is 13.2. The van der Waals surface area contributed by atoms with Crippen molar-refractivity contribution in [1.82, 2.24) is 4.98 Å². The number of fused-ring (bicyclic) bond motifs is 2. The number of hydrogen-bond donors (Lipinski definition) is 0. The highest BCUT2D eigenvalue weighted by molar-refractivity contribution is 7.21. The van der Waals surface area contributed by atoms with Crippen molar-refractivity contribution < 1.29 is 23.4 Å². The number of hydrogen-bond acceptors (Lipinski definition) is 8. The average Bonchev–Trinajstić information content (AvgIpc) is 3.29. The van der Waals surface area contributed by atoms with Gasteiger partial charge in [-0.15, -0.1) is 11.3 Å². The highest BCUT2D eigenvalue weighted by Crippen LogP contribution is 2.32. The van der Waals surface area contributed by atoms with Crippen LogP contribution >= 0.6 is 11.3 Å². The van der Waals surface area contributed by atoms with Gasteiger partial charge < -0.3 is 18.6 Å². The van der Waals surface area contributed by atoms with Crippen molar-refractivity contribution in [3.8, 4) is 27.8 Å². The van der Waals surface area contributed by atoms with Crippen LogP contribution in [0.25, 0.3) is 31.8 Å². The monoisotopic (exact) mass is 473 g/mol. The summed E-state index contributed by atoms with van der Waals surface area (Å²) in [6.45, 7) is 1.74. The summed E-state index contributed by atoms with van der Waals surface area (Å²) in [6.07, 6.45) is 1.41. The minimum Gasteiger partial charge on any atom is -0.493 e. The van der Waals surface area contributed by atoms with E-state index >= 15 is 0 Å². The van der Waals surface area contributed by atoms with Gasteiger partial charge in [-0.2, -0.15) is 0 Å². The fourth-order valence-corrected chi connectivity index (χ4v) is 4.66. The van der Waals surface area contributed by atoms with Crippen LogP contribution in [0.3, 0.4) is 0 Å². The van der Waals surface area contributed by atoms with E-state index in [2.05, 4.69) is 4.98 Å². The maximum Gasteiger partial charge on any atom is 0.343 e. The van der Waals surface area contributed by atoms with Crippen LogP contribution in [0.15, 0.2) is 70.1 Å². The number of nitrogens with zero attached hydrogens (tertiary/aromatic N) is 1. The molecule has 7 nitrogen and oxygen atoms in total. The topological polar surface area (TPSA) is 87.9 Å². The molecule has 0 radical (unpaired) electrons. The van der Waals surface area contributed by atoms with Crippen LogP contribution in [0.5, 0.6) is 17.2 Å².